The van der Waals surface area contributed by atoms with Crippen LogP contribution in [0.1, 0.15) is 38.3 Å². The topological polar surface area (TPSA) is 107 Å². The molecule has 1 heterocycles. The van der Waals surface area contributed by atoms with E-state index in [1.165, 1.54) is 12.1 Å². The smallest absolute Gasteiger partial charge is 0.261 e. The predicted octanol–water partition coefficient (Wildman–Crippen LogP) is 1.75. The Labute approximate surface area is 156 Å². The maximum atomic E-state index is 12.2. The van der Waals surface area contributed by atoms with Gasteiger partial charge in [0.05, 0.1) is 11.1 Å². The number of amides is 3. The van der Waals surface area contributed by atoms with Crippen LogP contribution in [0, 0.1) is 6.92 Å². The number of carbonyl (C=O) groups excluding carboxylic acids is 3. The number of imide groups is 1. The maximum Gasteiger partial charge on any atom is 0.261 e. The Morgan fingerprint density at radius 2 is 1.63 bits per heavy atom. The lowest BCUT2D eigenvalue weighted by atomic mass is 10.0. The Morgan fingerprint density at radius 1 is 1.04 bits per heavy atom. The van der Waals surface area contributed by atoms with Gasteiger partial charge >= 0.3 is 0 Å². The fourth-order valence-electron chi connectivity index (χ4n) is 3.07. The second kappa shape index (κ2) is 7.49. The molecular formula is C20H20N2O5. The molecule has 7 heteroatoms. The van der Waals surface area contributed by atoms with E-state index < -0.39 is 0 Å². The summed E-state index contributed by atoms with van der Waals surface area (Å²) in [5, 5.41) is 21.7. The third-order valence-electron chi connectivity index (χ3n) is 4.59. The Hall–Kier alpha value is -3.35. The molecule has 7 nitrogen and oxygen atoms in total. The van der Waals surface area contributed by atoms with E-state index in [1.807, 2.05) is 0 Å². The van der Waals surface area contributed by atoms with Crippen molar-refractivity contribution in [3.05, 3.63) is 58.7 Å². The van der Waals surface area contributed by atoms with Gasteiger partial charge in [0.25, 0.3) is 11.8 Å². The molecule has 1 aliphatic heterocycles. The van der Waals surface area contributed by atoms with Gasteiger partial charge in [-0.15, -0.1) is 0 Å². The van der Waals surface area contributed by atoms with Crippen molar-refractivity contribution in [2.45, 2.75) is 19.8 Å². The van der Waals surface area contributed by atoms with Gasteiger partial charge in [-0.05, 0) is 48.7 Å². The van der Waals surface area contributed by atoms with Gasteiger partial charge in [-0.25, -0.2) is 0 Å². The Morgan fingerprint density at radius 3 is 2.26 bits per heavy atom. The molecule has 3 N–H and O–H groups in total. The van der Waals surface area contributed by atoms with Crippen molar-refractivity contribution in [1.82, 2.24) is 10.2 Å². The first kappa shape index (κ1) is 18.4. The first-order chi connectivity index (χ1) is 12.9. The van der Waals surface area contributed by atoms with E-state index in [0.717, 1.165) is 16.0 Å². The number of carbonyl (C=O) groups is 3. The third-order valence-corrected chi connectivity index (χ3v) is 4.59. The SMILES string of the molecule is Cc1cc(O)c(O)cc1CCNC(=O)CCN1C(=O)c2ccccc2C1=O. The molecule has 0 spiro atoms. The standard InChI is InChI=1S/C20H20N2O5/c1-12-10-16(23)17(24)11-13(12)6-8-21-18(25)7-9-22-19(26)14-4-2-3-5-15(14)20(22)27/h2-5,10-11,23-24H,6-9H2,1H3,(H,21,25). The van der Waals surface area contributed by atoms with Crippen molar-refractivity contribution in [2.75, 3.05) is 13.1 Å². The van der Waals surface area contributed by atoms with Crippen molar-refractivity contribution in [3.8, 4) is 11.5 Å². The summed E-state index contributed by atoms with van der Waals surface area (Å²) >= 11 is 0. The minimum absolute atomic E-state index is 0.0191. The normalized spacial score (nSPS) is 13.0. The van der Waals surface area contributed by atoms with Crippen LogP contribution < -0.4 is 5.32 Å². The zero-order valence-electron chi connectivity index (χ0n) is 14.9. The predicted molar refractivity (Wildman–Crippen MR) is 97.6 cm³/mol. The number of hydrogen-bond acceptors (Lipinski definition) is 5. The highest BCUT2D eigenvalue weighted by Crippen LogP contribution is 2.28. The van der Waals surface area contributed by atoms with Crippen LogP contribution >= 0.6 is 0 Å². The number of nitrogens with zero attached hydrogens (tertiary/aromatic N) is 1. The number of nitrogens with one attached hydrogen (secondary N) is 1. The summed E-state index contributed by atoms with van der Waals surface area (Å²) in [6, 6.07) is 9.53. The van der Waals surface area contributed by atoms with Gasteiger partial charge in [-0.3, -0.25) is 19.3 Å². The van der Waals surface area contributed by atoms with E-state index in [1.54, 1.807) is 31.2 Å². The molecule has 0 saturated heterocycles. The van der Waals surface area contributed by atoms with E-state index in [4.69, 9.17) is 0 Å². The lowest BCUT2D eigenvalue weighted by Gasteiger charge is -2.14. The minimum Gasteiger partial charge on any atom is -0.504 e. The highest BCUT2D eigenvalue weighted by atomic mass is 16.3. The van der Waals surface area contributed by atoms with Crippen molar-refractivity contribution in [1.29, 1.82) is 0 Å². The Kier molecular flexibility index (Phi) is 5.12. The average molecular weight is 368 g/mol. The number of phenols is 2. The van der Waals surface area contributed by atoms with Crippen molar-refractivity contribution in [2.24, 2.45) is 0 Å². The summed E-state index contributed by atoms with van der Waals surface area (Å²) in [6.07, 6.45) is 0.504. The van der Waals surface area contributed by atoms with Crippen LogP contribution in [0.25, 0.3) is 0 Å². The van der Waals surface area contributed by atoms with E-state index in [2.05, 4.69) is 5.32 Å². The Bertz CT molecular complexity index is 888. The molecule has 0 unspecified atom stereocenters. The molecule has 0 bridgehead atoms. The Balaban J connectivity index is 1.49. The van der Waals surface area contributed by atoms with Gasteiger partial charge in [-0.2, -0.15) is 0 Å². The molecule has 0 radical (unpaired) electrons. The summed E-state index contributed by atoms with van der Waals surface area (Å²) in [7, 11) is 0. The fourth-order valence-corrected chi connectivity index (χ4v) is 3.07. The maximum absolute atomic E-state index is 12.2. The summed E-state index contributed by atoms with van der Waals surface area (Å²) < 4.78 is 0. The van der Waals surface area contributed by atoms with Crippen LogP contribution in [0.4, 0.5) is 0 Å². The monoisotopic (exact) mass is 368 g/mol. The molecule has 1 aliphatic rings. The number of rotatable bonds is 6. The molecule has 0 aromatic heterocycles. The third kappa shape index (κ3) is 3.76. The number of phenolic OH excluding ortho intramolecular Hbond substituents is 2. The van der Waals surface area contributed by atoms with Gasteiger partial charge in [0, 0.05) is 19.5 Å². The molecule has 2 aromatic carbocycles. The fraction of sp³-hybridized carbons (Fsp3) is 0.250. The largest absolute Gasteiger partial charge is 0.504 e. The van der Waals surface area contributed by atoms with Crippen molar-refractivity contribution < 1.29 is 24.6 Å². The summed E-state index contributed by atoms with van der Waals surface area (Å²) in [5.74, 6) is -1.40. The quantitative estimate of drug-likeness (QED) is 0.532. The first-order valence-corrected chi connectivity index (χ1v) is 8.62. The van der Waals surface area contributed by atoms with E-state index in [-0.39, 0.29) is 42.2 Å². The molecule has 2 aromatic rings. The van der Waals surface area contributed by atoms with Crippen LogP contribution in [0.5, 0.6) is 11.5 Å². The van der Waals surface area contributed by atoms with E-state index >= 15 is 0 Å². The molecular weight excluding hydrogens is 348 g/mol. The van der Waals surface area contributed by atoms with Gasteiger partial charge in [0.1, 0.15) is 0 Å². The van der Waals surface area contributed by atoms with Gasteiger partial charge in [0.15, 0.2) is 11.5 Å². The van der Waals surface area contributed by atoms with Gasteiger partial charge < -0.3 is 15.5 Å². The average Bonchev–Trinajstić information content (AvgIpc) is 2.89. The molecule has 0 aliphatic carbocycles. The zero-order valence-corrected chi connectivity index (χ0v) is 14.9. The molecule has 0 fully saturated rings. The number of aryl methyl sites for hydroxylation is 1. The van der Waals surface area contributed by atoms with Crippen LogP contribution in [0.2, 0.25) is 0 Å². The van der Waals surface area contributed by atoms with Gasteiger partial charge in [0.2, 0.25) is 5.91 Å². The van der Waals surface area contributed by atoms with Crippen LogP contribution in [0.15, 0.2) is 36.4 Å². The highest BCUT2D eigenvalue weighted by Gasteiger charge is 2.34. The number of fused-ring (bicyclic) bond motifs is 1. The lowest BCUT2D eigenvalue weighted by molar-refractivity contribution is -0.121. The molecule has 27 heavy (non-hydrogen) atoms. The number of benzene rings is 2. The molecule has 3 amide bonds. The molecule has 0 saturated carbocycles. The molecule has 3 rings (SSSR count). The van der Waals surface area contributed by atoms with Crippen molar-refractivity contribution in [3.63, 3.8) is 0 Å². The minimum atomic E-state index is -0.376. The zero-order chi connectivity index (χ0) is 19.6. The van der Waals surface area contributed by atoms with Crippen LogP contribution in [0.3, 0.4) is 0 Å². The lowest BCUT2D eigenvalue weighted by Crippen LogP contribution is -2.35. The number of hydrogen-bond donors (Lipinski definition) is 3. The summed E-state index contributed by atoms with van der Waals surface area (Å²) in [5.41, 5.74) is 2.35. The first-order valence-electron chi connectivity index (χ1n) is 8.62. The number of aromatic hydroxyl groups is 2. The molecule has 140 valence electrons. The van der Waals surface area contributed by atoms with Crippen LogP contribution in [-0.2, 0) is 11.2 Å². The second-order valence-corrected chi connectivity index (χ2v) is 6.42. The molecule has 0 atom stereocenters. The van der Waals surface area contributed by atoms with E-state index in [0.29, 0.717) is 24.1 Å². The summed E-state index contributed by atoms with van der Waals surface area (Å²) in [6.45, 7) is 2.17. The van der Waals surface area contributed by atoms with Gasteiger partial charge in [-0.1, -0.05) is 12.1 Å². The van der Waals surface area contributed by atoms with E-state index in [9.17, 15) is 24.6 Å². The highest BCUT2D eigenvalue weighted by molar-refractivity contribution is 6.21. The van der Waals surface area contributed by atoms with Crippen LogP contribution in [-0.4, -0.2) is 45.9 Å². The van der Waals surface area contributed by atoms with Crippen molar-refractivity contribution >= 4 is 17.7 Å². The second-order valence-electron chi connectivity index (χ2n) is 6.42. The summed E-state index contributed by atoms with van der Waals surface area (Å²) in [4.78, 5) is 37.6.